The fourth-order valence-electron chi connectivity index (χ4n) is 3.24. The molecule has 0 saturated heterocycles. The van der Waals surface area contributed by atoms with Crippen LogP contribution < -0.4 is 5.56 Å². The van der Waals surface area contributed by atoms with Crippen LogP contribution >= 0.6 is 23.1 Å². The summed E-state index contributed by atoms with van der Waals surface area (Å²) in [4.78, 5) is 20.3. The molecule has 0 atom stereocenters. The second kappa shape index (κ2) is 7.35. The molecule has 0 radical (unpaired) electrons. The number of thiophene rings is 1. The maximum absolute atomic E-state index is 13.3. The SMILES string of the molecule is COCCSc1nc2sc3c(c2c(=O)n1Cc1ccco1)CCCC3. The molecular formula is C18H20N2O3S2. The molecule has 0 aliphatic heterocycles. The summed E-state index contributed by atoms with van der Waals surface area (Å²) in [5.41, 5.74) is 1.28. The van der Waals surface area contributed by atoms with Gasteiger partial charge in [-0.3, -0.25) is 9.36 Å². The van der Waals surface area contributed by atoms with Gasteiger partial charge in [-0.05, 0) is 43.4 Å². The van der Waals surface area contributed by atoms with Gasteiger partial charge < -0.3 is 9.15 Å². The lowest BCUT2D eigenvalue weighted by Crippen LogP contribution is -2.24. The van der Waals surface area contributed by atoms with Crippen molar-refractivity contribution in [2.75, 3.05) is 19.5 Å². The molecule has 3 aromatic rings. The largest absolute Gasteiger partial charge is 0.467 e. The summed E-state index contributed by atoms with van der Waals surface area (Å²) in [6, 6.07) is 3.74. The van der Waals surface area contributed by atoms with E-state index in [0.717, 1.165) is 46.1 Å². The number of nitrogens with zero attached hydrogens (tertiary/aromatic N) is 2. The van der Waals surface area contributed by atoms with Crippen molar-refractivity contribution in [3.63, 3.8) is 0 Å². The Hall–Kier alpha value is -1.57. The molecule has 4 rings (SSSR count). The highest BCUT2D eigenvalue weighted by atomic mass is 32.2. The molecule has 0 N–H and O–H groups in total. The van der Waals surface area contributed by atoms with E-state index in [1.807, 2.05) is 12.1 Å². The van der Waals surface area contributed by atoms with Crippen LogP contribution in [0, 0.1) is 0 Å². The molecule has 0 aromatic carbocycles. The van der Waals surface area contributed by atoms with E-state index in [1.165, 1.54) is 16.9 Å². The van der Waals surface area contributed by atoms with E-state index in [9.17, 15) is 4.79 Å². The first-order valence-electron chi connectivity index (χ1n) is 8.47. The number of hydrogen-bond acceptors (Lipinski definition) is 6. The molecule has 0 bridgehead atoms. The van der Waals surface area contributed by atoms with Gasteiger partial charge in [-0.25, -0.2) is 4.98 Å². The lowest BCUT2D eigenvalue weighted by Gasteiger charge is -2.12. The molecule has 7 heteroatoms. The average Bonchev–Trinajstić information content (AvgIpc) is 3.25. The molecule has 5 nitrogen and oxygen atoms in total. The third-order valence-electron chi connectivity index (χ3n) is 4.45. The number of aryl methyl sites for hydroxylation is 2. The average molecular weight is 377 g/mol. The van der Waals surface area contributed by atoms with Crippen LogP contribution in [0.3, 0.4) is 0 Å². The maximum Gasteiger partial charge on any atom is 0.263 e. The van der Waals surface area contributed by atoms with Gasteiger partial charge in [0.15, 0.2) is 5.16 Å². The monoisotopic (exact) mass is 376 g/mol. The van der Waals surface area contributed by atoms with E-state index in [2.05, 4.69) is 0 Å². The van der Waals surface area contributed by atoms with Crippen molar-refractivity contribution < 1.29 is 9.15 Å². The number of ether oxygens (including phenoxy) is 1. The van der Waals surface area contributed by atoms with Crippen LogP contribution in [0.4, 0.5) is 0 Å². The third-order valence-corrected chi connectivity index (χ3v) is 6.58. The molecule has 0 spiro atoms. The van der Waals surface area contributed by atoms with Gasteiger partial charge >= 0.3 is 0 Å². The number of rotatable bonds is 6. The molecule has 132 valence electrons. The molecule has 3 heterocycles. The first-order chi connectivity index (χ1) is 12.3. The van der Waals surface area contributed by atoms with Crippen molar-refractivity contribution in [3.05, 3.63) is 45.0 Å². The quantitative estimate of drug-likeness (QED) is 0.373. The fourth-order valence-corrected chi connectivity index (χ4v) is 5.45. The molecule has 0 amide bonds. The second-order valence-electron chi connectivity index (χ2n) is 6.10. The van der Waals surface area contributed by atoms with Gasteiger partial charge in [-0.15, -0.1) is 11.3 Å². The summed E-state index contributed by atoms with van der Waals surface area (Å²) < 4.78 is 12.4. The summed E-state index contributed by atoms with van der Waals surface area (Å²) >= 11 is 3.25. The van der Waals surface area contributed by atoms with Crippen molar-refractivity contribution in [1.29, 1.82) is 0 Å². The lowest BCUT2D eigenvalue weighted by atomic mass is 9.97. The Kier molecular flexibility index (Phi) is 4.96. The fraction of sp³-hybridized carbons (Fsp3) is 0.444. The zero-order valence-electron chi connectivity index (χ0n) is 14.1. The molecule has 0 unspecified atom stereocenters. The molecule has 25 heavy (non-hydrogen) atoms. The Balaban J connectivity index is 1.83. The minimum atomic E-state index is 0.0562. The van der Waals surface area contributed by atoms with E-state index < -0.39 is 0 Å². The van der Waals surface area contributed by atoms with Crippen LogP contribution in [0.5, 0.6) is 0 Å². The van der Waals surface area contributed by atoms with Crippen molar-refractivity contribution >= 4 is 33.3 Å². The predicted molar refractivity (Wildman–Crippen MR) is 101 cm³/mol. The van der Waals surface area contributed by atoms with E-state index in [1.54, 1.807) is 41.0 Å². The maximum atomic E-state index is 13.3. The normalized spacial score (nSPS) is 14.1. The van der Waals surface area contributed by atoms with E-state index in [0.29, 0.717) is 13.2 Å². The predicted octanol–water partition coefficient (Wildman–Crippen LogP) is 3.72. The van der Waals surface area contributed by atoms with Crippen LogP contribution in [-0.2, 0) is 24.1 Å². The first kappa shape index (κ1) is 16.9. The first-order valence-corrected chi connectivity index (χ1v) is 10.3. The van der Waals surface area contributed by atoms with Crippen molar-refractivity contribution in [2.24, 2.45) is 0 Å². The highest BCUT2D eigenvalue weighted by Gasteiger charge is 2.22. The topological polar surface area (TPSA) is 57.3 Å². The highest BCUT2D eigenvalue weighted by Crippen LogP contribution is 2.34. The zero-order valence-corrected chi connectivity index (χ0v) is 15.8. The standard InChI is InChI=1S/C18H20N2O3S2/c1-22-9-10-24-18-19-16-15(13-6-2-3-7-14(13)25-16)17(21)20(18)11-12-5-4-8-23-12/h4-5,8H,2-3,6-7,9-11H2,1H3. The smallest absolute Gasteiger partial charge is 0.263 e. The molecule has 1 aliphatic carbocycles. The van der Waals surface area contributed by atoms with E-state index in [-0.39, 0.29) is 5.56 Å². The second-order valence-corrected chi connectivity index (χ2v) is 8.24. The van der Waals surface area contributed by atoms with Crippen LogP contribution in [0.15, 0.2) is 32.8 Å². The van der Waals surface area contributed by atoms with Crippen LogP contribution in [0.2, 0.25) is 0 Å². The van der Waals surface area contributed by atoms with Gasteiger partial charge in [0.25, 0.3) is 5.56 Å². The third kappa shape index (κ3) is 3.28. The number of methoxy groups -OCH3 is 1. The summed E-state index contributed by atoms with van der Waals surface area (Å²) in [7, 11) is 1.68. The number of furan rings is 1. The Morgan fingerprint density at radius 3 is 3.08 bits per heavy atom. The summed E-state index contributed by atoms with van der Waals surface area (Å²) in [6.45, 7) is 1.04. The number of thioether (sulfide) groups is 1. The van der Waals surface area contributed by atoms with Gasteiger partial charge in [0.1, 0.15) is 10.6 Å². The summed E-state index contributed by atoms with van der Waals surface area (Å²) in [6.07, 6.45) is 6.05. The number of aromatic nitrogens is 2. The molecule has 0 fully saturated rings. The lowest BCUT2D eigenvalue weighted by molar-refractivity contribution is 0.218. The van der Waals surface area contributed by atoms with Crippen molar-refractivity contribution in [1.82, 2.24) is 9.55 Å². The van der Waals surface area contributed by atoms with Crippen molar-refractivity contribution in [2.45, 2.75) is 37.4 Å². The Morgan fingerprint density at radius 1 is 1.40 bits per heavy atom. The van der Waals surface area contributed by atoms with E-state index in [4.69, 9.17) is 14.1 Å². The summed E-state index contributed by atoms with van der Waals surface area (Å²) in [5, 5.41) is 1.56. The van der Waals surface area contributed by atoms with Crippen LogP contribution in [-0.4, -0.2) is 29.0 Å². The molecule has 1 aliphatic rings. The van der Waals surface area contributed by atoms with E-state index >= 15 is 0 Å². The number of hydrogen-bond donors (Lipinski definition) is 0. The van der Waals surface area contributed by atoms with Gasteiger partial charge in [0, 0.05) is 17.7 Å². The molecule has 0 saturated carbocycles. The van der Waals surface area contributed by atoms with Gasteiger partial charge in [-0.2, -0.15) is 0 Å². The molecular weight excluding hydrogens is 356 g/mol. The van der Waals surface area contributed by atoms with Gasteiger partial charge in [-0.1, -0.05) is 11.8 Å². The van der Waals surface area contributed by atoms with Gasteiger partial charge in [0.05, 0.1) is 24.8 Å². The Labute approximate surface area is 154 Å². The Bertz CT molecular complexity index is 928. The highest BCUT2D eigenvalue weighted by molar-refractivity contribution is 7.99. The Morgan fingerprint density at radius 2 is 2.28 bits per heavy atom. The summed E-state index contributed by atoms with van der Waals surface area (Å²) in [5.74, 6) is 1.53. The number of fused-ring (bicyclic) bond motifs is 3. The molecule has 3 aromatic heterocycles. The zero-order chi connectivity index (χ0) is 17.2. The van der Waals surface area contributed by atoms with Gasteiger partial charge in [0.2, 0.25) is 0 Å². The minimum absolute atomic E-state index is 0.0562. The minimum Gasteiger partial charge on any atom is -0.467 e. The van der Waals surface area contributed by atoms with Crippen molar-refractivity contribution in [3.8, 4) is 0 Å². The van der Waals surface area contributed by atoms with Crippen LogP contribution in [0.25, 0.3) is 10.2 Å². The van der Waals surface area contributed by atoms with Crippen LogP contribution in [0.1, 0.15) is 29.0 Å².